The third-order valence-corrected chi connectivity index (χ3v) is 4.36. The van der Waals surface area contributed by atoms with E-state index in [0.29, 0.717) is 23.7 Å². The van der Waals surface area contributed by atoms with Crippen molar-refractivity contribution in [2.45, 2.75) is 31.1 Å². The molecule has 2 atom stereocenters. The van der Waals surface area contributed by atoms with Gasteiger partial charge in [-0.25, -0.2) is 0 Å². The number of benzene rings is 2. The minimum absolute atomic E-state index is 0.0308. The molecule has 1 aliphatic rings. The largest absolute Gasteiger partial charge is 0.299 e. The Morgan fingerprint density at radius 3 is 2.33 bits per heavy atom. The summed E-state index contributed by atoms with van der Waals surface area (Å²) in [5.41, 5.74) is 3.00. The fourth-order valence-electron chi connectivity index (χ4n) is 3.16. The lowest BCUT2D eigenvalue weighted by molar-refractivity contribution is -0.122. The van der Waals surface area contributed by atoms with Crippen molar-refractivity contribution in [3.05, 3.63) is 71.3 Å². The van der Waals surface area contributed by atoms with Gasteiger partial charge in [0.05, 0.1) is 11.6 Å². The van der Waals surface area contributed by atoms with E-state index in [4.69, 9.17) is 5.26 Å². The Kier molecular flexibility index (Phi) is 3.83. The van der Waals surface area contributed by atoms with Crippen LogP contribution in [-0.4, -0.2) is 5.78 Å². The van der Waals surface area contributed by atoms with Gasteiger partial charge < -0.3 is 0 Å². The standard InChI is InChI=1S/C19H17NO/c20-13-14-6-8-16(9-7-14)18-12-17(10-11-19(18)21)15-4-2-1-3-5-15/h1-9,17-18H,10-12H2. The zero-order chi connectivity index (χ0) is 14.7. The smallest absolute Gasteiger partial charge is 0.140 e. The van der Waals surface area contributed by atoms with Crippen molar-refractivity contribution in [1.29, 1.82) is 5.26 Å². The molecule has 0 bridgehead atoms. The van der Waals surface area contributed by atoms with Gasteiger partial charge >= 0.3 is 0 Å². The lowest BCUT2D eigenvalue weighted by atomic mass is 9.74. The van der Waals surface area contributed by atoms with Crippen LogP contribution in [0.1, 0.15) is 47.8 Å². The molecule has 0 aliphatic heterocycles. The average molecular weight is 275 g/mol. The normalized spacial score (nSPS) is 21.8. The van der Waals surface area contributed by atoms with Crippen LogP contribution in [0.3, 0.4) is 0 Å². The van der Waals surface area contributed by atoms with E-state index >= 15 is 0 Å². The molecule has 2 aromatic carbocycles. The molecule has 1 fully saturated rings. The summed E-state index contributed by atoms with van der Waals surface area (Å²) in [7, 11) is 0. The summed E-state index contributed by atoms with van der Waals surface area (Å²) in [4.78, 5) is 12.3. The van der Waals surface area contributed by atoms with Gasteiger partial charge in [-0.1, -0.05) is 42.5 Å². The zero-order valence-corrected chi connectivity index (χ0v) is 11.8. The van der Waals surface area contributed by atoms with E-state index in [-0.39, 0.29) is 5.92 Å². The van der Waals surface area contributed by atoms with Crippen molar-refractivity contribution in [3.63, 3.8) is 0 Å². The minimum atomic E-state index is -0.0308. The molecular weight excluding hydrogens is 258 g/mol. The number of hydrogen-bond donors (Lipinski definition) is 0. The lowest BCUT2D eigenvalue weighted by Crippen LogP contribution is -2.22. The number of carbonyl (C=O) groups excluding carboxylic acids is 1. The van der Waals surface area contributed by atoms with Crippen molar-refractivity contribution in [3.8, 4) is 6.07 Å². The van der Waals surface area contributed by atoms with Gasteiger partial charge in [-0.15, -0.1) is 0 Å². The summed E-state index contributed by atoms with van der Waals surface area (Å²) in [5, 5.41) is 8.86. The second-order valence-electron chi connectivity index (χ2n) is 5.63. The van der Waals surface area contributed by atoms with Crippen molar-refractivity contribution in [1.82, 2.24) is 0 Å². The number of nitriles is 1. The maximum atomic E-state index is 12.3. The first-order chi connectivity index (χ1) is 10.3. The summed E-state index contributed by atoms with van der Waals surface area (Å²) >= 11 is 0. The first kappa shape index (κ1) is 13.6. The third kappa shape index (κ3) is 2.87. The molecule has 1 aliphatic carbocycles. The highest BCUT2D eigenvalue weighted by atomic mass is 16.1. The van der Waals surface area contributed by atoms with Crippen LogP contribution in [-0.2, 0) is 4.79 Å². The molecule has 2 aromatic rings. The van der Waals surface area contributed by atoms with Gasteiger partial charge in [0, 0.05) is 12.3 Å². The number of Topliss-reactive ketones (excluding diaryl/α,β-unsaturated/α-hetero) is 1. The maximum Gasteiger partial charge on any atom is 0.140 e. The molecule has 2 unspecified atom stereocenters. The van der Waals surface area contributed by atoms with Crippen molar-refractivity contribution in [2.24, 2.45) is 0 Å². The van der Waals surface area contributed by atoms with Crippen LogP contribution in [0.5, 0.6) is 0 Å². The zero-order valence-electron chi connectivity index (χ0n) is 11.8. The quantitative estimate of drug-likeness (QED) is 0.825. The van der Waals surface area contributed by atoms with E-state index in [1.165, 1.54) is 5.56 Å². The molecule has 21 heavy (non-hydrogen) atoms. The van der Waals surface area contributed by atoms with Gasteiger partial charge in [0.1, 0.15) is 5.78 Å². The van der Waals surface area contributed by atoms with Crippen molar-refractivity contribution < 1.29 is 4.79 Å². The molecule has 0 radical (unpaired) electrons. The number of nitrogens with zero attached hydrogens (tertiary/aromatic N) is 1. The first-order valence-corrected chi connectivity index (χ1v) is 7.35. The maximum absolute atomic E-state index is 12.3. The molecule has 0 aromatic heterocycles. The summed E-state index contributed by atoms with van der Waals surface area (Å²) in [5.74, 6) is 0.744. The van der Waals surface area contributed by atoms with Crippen molar-refractivity contribution >= 4 is 5.78 Å². The van der Waals surface area contributed by atoms with Crippen LogP contribution < -0.4 is 0 Å². The topological polar surface area (TPSA) is 40.9 Å². The summed E-state index contributed by atoms with van der Waals surface area (Å²) in [6.07, 6.45) is 2.45. The van der Waals surface area contributed by atoms with Gasteiger partial charge in [-0.3, -0.25) is 4.79 Å². The monoisotopic (exact) mass is 275 g/mol. The van der Waals surface area contributed by atoms with Gasteiger partial charge in [0.15, 0.2) is 0 Å². The summed E-state index contributed by atoms with van der Waals surface area (Å²) < 4.78 is 0. The van der Waals surface area contributed by atoms with Gasteiger partial charge in [-0.05, 0) is 42.0 Å². The highest BCUT2D eigenvalue weighted by Gasteiger charge is 2.30. The second kappa shape index (κ2) is 5.93. The summed E-state index contributed by atoms with van der Waals surface area (Å²) in [6.45, 7) is 0. The SMILES string of the molecule is N#Cc1ccc(C2CC(c3ccccc3)CCC2=O)cc1. The third-order valence-electron chi connectivity index (χ3n) is 4.36. The number of ketones is 1. The Morgan fingerprint density at radius 1 is 0.952 bits per heavy atom. The highest BCUT2D eigenvalue weighted by molar-refractivity contribution is 5.86. The van der Waals surface area contributed by atoms with Crippen molar-refractivity contribution in [2.75, 3.05) is 0 Å². The molecular formula is C19H17NO. The molecule has 3 rings (SSSR count). The van der Waals surface area contributed by atoms with Crippen LogP contribution in [0.25, 0.3) is 0 Å². The first-order valence-electron chi connectivity index (χ1n) is 7.35. The van der Waals surface area contributed by atoms with E-state index < -0.39 is 0 Å². The summed E-state index contributed by atoms with van der Waals surface area (Å²) in [6, 6.07) is 20.0. The Bertz CT molecular complexity index is 667. The highest BCUT2D eigenvalue weighted by Crippen LogP contribution is 2.39. The molecule has 104 valence electrons. The van der Waals surface area contributed by atoms with E-state index in [9.17, 15) is 4.79 Å². The number of carbonyl (C=O) groups is 1. The molecule has 2 nitrogen and oxygen atoms in total. The Morgan fingerprint density at radius 2 is 1.67 bits per heavy atom. The molecule has 0 spiro atoms. The Labute approximate surface area is 125 Å². The molecule has 0 saturated heterocycles. The van der Waals surface area contributed by atoms with E-state index in [1.54, 1.807) is 12.1 Å². The van der Waals surface area contributed by atoms with Crippen LogP contribution in [0.4, 0.5) is 0 Å². The van der Waals surface area contributed by atoms with Crippen LogP contribution in [0.2, 0.25) is 0 Å². The van der Waals surface area contributed by atoms with Gasteiger partial charge in [0.2, 0.25) is 0 Å². The molecule has 2 heteroatoms. The fourth-order valence-corrected chi connectivity index (χ4v) is 3.16. The minimum Gasteiger partial charge on any atom is -0.299 e. The van der Waals surface area contributed by atoms with Crippen LogP contribution >= 0.6 is 0 Å². The Hall–Kier alpha value is -2.40. The lowest BCUT2D eigenvalue weighted by Gasteiger charge is -2.28. The van der Waals surface area contributed by atoms with Gasteiger partial charge in [0.25, 0.3) is 0 Å². The number of rotatable bonds is 2. The molecule has 0 N–H and O–H groups in total. The predicted molar refractivity (Wildman–Crippen MR) is 81.9 cm³/mol. The fraction of sp³-hybridized carbons (Fsp3) is 0.263. The van der Waals surface area contributed by atoms with Gasteiger partial charge in [-0.2, -0.15) is 5.26 Å². The van der Waals surface area contributed by atoms with E-state index in [0.717, 1.165) is 18.4 Å². The van der Waals surface area contributed by atoms with E-state index in [2.05, 4.69) is 30.3 Å². The van der Waals surface area contributed by atoms with E-state index in [1.807, 2.05) is 18.2 Å². The molecule has 0 amide bonds. The van der Waals surface area contributed by atoms with Crippen LogP contribution in [0, 0.1) is 11.3 Å². The Balaban J connectivity index is 1.83. The molecule has 0 heterocycles. The number of hydrogen-bond acceptors (Lipinski definition) is 2. The molecule has 1 saturated carbocycles. The predicted octanol–water partition coefficient (Wildman–Crippen LogP) is 4.18. The second-order valence-corrected chi connectivity index (χ2v) is 5.63. The average Bonchev–Trinajstić information content (AvgIpc) is 2.56. The van der Waals surface area contributed by atoms with Crippen LogP contribution in [0.15, 0.2) is 54.6 Å².